The summed E-state index contributed by atoms with van der Waals surface area (Å²) >= 11 is 1.40. The van der Waals surface area contributed by atoms with Crippen LogP contribution in [0.5, 0.6) is 0 Å². The van der Waals surface area contributed by atoms with Crippen molar-refractivity contribution in [2.45, 2.75) is 23.1 Å². The van der Waals surface area contributed by atoms with E-state index in [1.807, 2.05) is 0 Å². The smallest absolute Gasteiger partial charge is 0.543 e. The van der Waals surface area contributed by atoms with Crippen LogP contribution in [0.25, 0.3) is 0 Å². The van der Waals surface area contributed by atoms with Crippen molar-refractivity contribution < 1.29 is 58.6 Å². The number of ether oxygens (including phenoxy) is 1. The molecule has 5 rings (SSSR count). The summed E-state index contributed by atoms with van der Waals surface area (Å²) in [5.41, 5.74) is 6.16. The van der Waals surface area contributed by atoms with E-state index in [0.29, 0.717) is 11.3 Å². The van der Waals surface area contributed by atoms with Gasteiger partial charge in [0.05, 0.1) is 17.7 Å². The first-order valence-corrected chi connectivity index (χ1v) is 11.2. The number of hydrogen-bond donors (Lipinski definition) is 2. The maximum atomic E-state index is 12.9. The normalized spacial score (nSPS) is 22.2. The Balaban J connectivity index is 0.00000289. The quantitative estimate of drug-likeness (QED) is 0.237. The first-order chi connectivity index (χ1) is 16.4. The molecule has 174 valence electrons. The van der Waals surface area contributed by atoms with Crippen LogP contribution in [0.4, 0.5) is 10.5 Å². The molecule has 0 spiro atoms. The van der Waals surface area contributed by atoms with Crippen LogP contribution < -0.4 is 45.7 Å². The molecule has 3 atom stereocenters. The van der Waals surface area contributed by atoms with E-state index < -0.39 is 42.0 Å². The van der Waals surface area contributed by atoms with Crippen LogP contribution in [0.15, 0.2) is 65.0 Å². The molecule has 35 heavy (non-hydrogen) atoms. The number of nitrogens with zero attached hydrogens (tertiary/aromatic N) is 3. The molecule has 3 N–H and O–H groups in total. The molecule has 1 unspecified atom stereocenters. The van der Waals surface area contributed by atoms with E-state index in [0.717, 1.165) is 9.80 Å². The zero-order valence-corrected chi connectivity index (χ0v) is 21.4. The number of primary amides is 1. The number of pyridine rings is 1. The molecule has 0 aliphatic carbocycles. The zero-order valence-electron chi connectivity index (χ0n) is 18.5. The average molecular weight is 503 g/mol. The van der Waals surface area contributed by atoms with Crippen LogP contribution in [-0.4, -0.2) is 69.3 Å². The number of rotatable bonds is 6. The monoisotopic (exact) mass is 503 g/mol. The Morgan fingerprint density at radius 1 is 1.17 bits per heavy atom. The van der Waals surface area contributed by atoms with E-state index in [-0.39, 0.29) is 53.3 Å². The number of urea groups is 1. The topological polar surface area (TPSA) is 158 Å². The summed E-state index contributed by atoms with van der Waals surface area (Å²) < 4.78 is 5.89. The molecule has 2 saturated heterocycles. The van der Waals surface area contributed by atoms with Gasteiger partial charge in [0.25, 0.3) is 5.91 Å². The summed E-state index contributed by atoms with van der Waals surface area (Å²) in [5, 5.41) is 14.6. The fourth-order valence-corrected chi connectivity index (χ4v) is 5.32. The number of hydrogen-bond acceptors (Lipinski definition) is 8. The van der Waals surface area contributed by atoms with Crippen LogP contribution in [0, 0.1) is 0 Å². The Bertz CT molecular complexity index is 1220. The molecule has 0 radical (unpaired) electrons. The Morgan fingerprint density at radius 2 is 1.86 bits per heavy atom. The number of carbonyl (C=O) groups is 4. The maximum Gasteiger partial charge on any atom is 1.00 e. The molecule has 0 bridgehead atoms. The van der Waals surface area contributed by atoms with Crippen molar-refractivity contribution in [3.8, 4) is 0 Å². The minimum Gasteiger partial charge on any atom is -0.543 e. The fourth-order valence-electron chi connectivity index (χ4n) is 4.38. The van der Waals surface area contributed by atoms with E-state index in [1.165, 1.54) is 40.9 Å². The van der Waals surface area contributed by atoms with Crippen molar-refractivity contribution in [2.75, 3.05) is 17.8 Å². The van der Waals surface area contributed by atoms with Gasteiger partial charge in [0.15, 0.2) is 0 Å². The van der Waals surface area contributed by atoms with Crippen molar-refractivity contribution in [3.63, 3.8) is 0 Å². The zero-order chi connectivity index (χ0) is 24.0. The van der Waals surface area contributed by atoms with E-state index >= 15 is 0 Å². The number of carbonyl (C=O) groups excluding carboxylic acids is 4. The molecular weight excluding hydrogens is 485 g/mol. The Hall–Kier alpha value is -2.90. The van der Waals surface area contributed by atoms with Gasteiger partial charge >= 0.3 is 35.6 Å². The summed E-state index contributed by atoms with van der Waals surface area (Å²) in [6.45, 7) is -0.194. The standard InChI is InChI=1S/C22H19N5O6S.Na/c23-19(28)11-1-3-12(4-2-11)25-22(32)26-10-33-18-14(9-34-13-5-7-24-8-6-13)15(21(30)31)27-16(18)17(26)20(27)29;/h1-8,16-18H,9-10H2,(H2,23,28)(H,25,32)(H,30,31);/q;+1/p-1/t16-,17-,18?;/m0./s1. The molecule has 1 aromatic carbocycles. The van der Waals surface area contributed by atoms with Crippen LogP contribution in [0.1, 0.15) is 10.4 Å². The third-order valence-electron chi connectivity index (χ3n) is 5.96. The Labute approximate surface area is 226 Å². The number of aliphatic carboxylic acids is 1. The molecule has 11 nitrogen and oxygen atoms in total. The molecule has 3 aliphatic rings. The summed E-state index contributed by atoms with van der Waals surface area (Å²) in [5.74, 6) is -2.27. The van der Waals surface area contributed by atoms with Gasteiger partial charge in [-0.25, -0.2) is 4.79 Å². The summed E-state index contributed by atoms with van der Waals surface area (Å²) in [7, 11) is 0. The predicted molar refractivity (Wildman–Crippen MR) is 117 cm³/mol. The van der Waals surface area contributed by atoms with Gasteiger partial charge in [0, 0.05) is 34.3 Å². The first kappa shape index (κ1) is 25.2. The van der Waals surface area contributed by atoms with Crippen LogP contribution >= 0.6 is 11.8 Å². The van der Waals surface area contributed by atoms with Crippen molar-refractivity contribution >= 4 is 41.3 Å². The minimum absolute atomic E-state index is 0. The fraction of sp³-hybridized carbons (Fsp3) is 0.227. The Morgan fingerprint density at radius 3 is 2.49 bits per heavy atom. The van der Waals surface area contributed by atoms with Gasteiger partial charge in [-0.2, -0.15) is 0 Å². The molecule has 3 aliphatic heterocycles. The van der Waals surface area contributed by atoms with Gasteiger partial charge in [-0.15, -0.1) is 11.8 Å². The number of carboxylic acids is 1. The molecule has 4 heterocycles. The van der Waals surface area contributed by atoms with E-state index in [1.54, 1.807) is 24.5 Å². The van der Waals surface area contributed by atoms with Crippen molar-refractivity contribution in [1.82, 2.24) is 14.8 Å². The minimum atomic E-state index is -1.46. The summed E-state index contributed by atoms with van der Waals surface area (Å²) in [6.07, 6.45) is 2.61. The molecule has 13 heteroatoms. The van der Waals surface area contributed by atoms with Crippen molar-refractivity contribution in [3.05, 3.63) is 65.6 Å². The number of anilines is 1. The SMILES string of the molecule is NC(=O)c1ccc(NC(=O)N2COC3C(CSc4ccncc4)=C(C(=O)[O-])N4C(=O)[C@@H]2[C@@H]34)cc1.[Na+]. The van der Waals surface area contributed by atoms with Gasteiger partial charge in [-0.05, 0) is 42.0 Å². The number of aromatic nitrogens is 1. The second kappa shape index (κ2) is 9.99. The number of benzene rings is 1. The van der Waals surface area contributed by atoms with Gasteiger partial charge in [-0.1, -0.05) is 0 Å². The molecule has 0 saturated carbocycles. The molecular formula is C22H18N5NaO6S. The number of β-lactam (4-membered cyclic amide) rings is 1. The van der Waals surface area contributed by atoms with Gasteiger partial charge in [-0.3, -0.25) is 24.4 Å². The van der Waals surface area contributed by atoms with Gasteiger partial charge < -0.3 is 25.7 Å². The molecule has 4 amide bonds. The number of thioether (sulfide) groups is 1. The summed E-state index contributed by atoms with van der Waals surface area (Å²) in [4.78, 5) is 56.2. The third kappa shape index (κ3) is 4.43. The largest absolute Gasteiger partial charge is 1.00 e. The van der Waals surface area contributed by atoms with Crippen molar-refractivity contribution in [2.24, 2.45) is 5.73 Å². The van der Waals surface area contributed by atoms with E-state index in [4.69, 9.17) is 10.5 Å². The number of nitrogens with two attached hydrogens (primary N) is 1. The second-order valence-electron chi connectivity index (χ2n) is 7.83. The van der Waals surface area contributed by atoms with Crippen molar-refractivity contribution in [1.29, 1.82) is 0 Å². The Kier molecular flexibility index (Phi) is 7.20. The number of carboxylic acid groups (broad SMARTS) is 1. The summed E-state index contributed by atoms with van der Waals surface area (Å²) in [6, 6.07) is 7.48. The third-order valence-corrected chi connectivity index (χ3v) is 7.02. The molecule has 1 aromatic heterocycles. The average Bonchev–Trinajstić information content (AvgIpc) is 3.16. The maximum absolute atomic E-state index is 12.9. The first-order valence-electron chi connectivity index (χ1n) is 10.3. The van der Waals surface area contributed by atoms with Crippen LogP contribution in [0.3, 0.4) is 0 Å². The van der Waals surface area contributed by atoms with Crippen LogP contribution in [-0.2, 0) is 14.3 Å². The second-order valence-corrected chi connectivity index (χ2v) is 8.88. The predicted octanol–water partition coefficient (Wildman–Crippen LogP) is -3.24. The molecule has 2 fully saturated rings. The number of nitrogens with one attached hydrogen (secondary N) is 1. The van der Waals surface area contributed by atoms with Gasteiger partial charge in [0.2, 0.25) is 5.91 Å². The van der Waals surface area contributed by atoms with Gasteiger partial charge in [0.1, 0.15) is 18.9 Å². The van der Waals surface area contributed by atoms with E-state index in [9.17, 15) is 24.3 Å². The number of amides is 4. The van der Waals surface area contributed by atoms with Crippen LogP contribution in [0.2, 0.25) is 0 Å². The molecule has 2 aromatic rings. The van der Waals surface area contributed by atoms with E-state index in [2.05, 4.69) is 10.3 Å².